The van der Waals surface area contributed by atoms with E-state index in [0.29, 0.717) is 5.75 Å². The first-order chi connectivity index (χ1) is 11.1. The van der Waals surface area contributed by atoms with Gasteiger partial charge in [-0.2, -0.15) is 0 Å². The minimum Gasteiger partial charge on any atom is -0.494 e. The van der Waals surface area contributed by atoms with Gasteiger partial charge in [-0.3, -0.25) is 4.79 Å². The average Bonchev–Trinajstić information content (AvgIpc) is 2.55. The van der Waals surface area contributed by atoms with Crippen LogP contribution in [0.4, 0.5) is 5.69 Å². The van der Waals surface area contributed by atoms with Crippen molar-refractivity contribution in [1.82, 2.24) is 0 Å². The van der Waals surface area contributed by atoms with E-state index in [1.165, 1.54) is 7.11 Å². The fourth-order valence-electron chi connectivity index (χ4n) is 2.47. The van der Waals surface area contributed by atoms with E-state index in [-0.39, 0.29) is 12.4 Å². The van der Waals surface area contributed by atoms with E-state index in [0.717, 1.165) is 28.1 Å². The van der Waals surface area contributed by atoms with Gasteiger partial charge in [0, 0.05) is 11.3 Å². The lowest BCUT2D eigenvalue weighted by atomic mass is 9.95. The molecule has 2 aromatic carbocycles. The number of benzene rings is 2. The number of carbonyl (C=O) groups excluding carboxylic acids is 1. The third-order valence-corrected chi connectivity index (χ3v) is 3.45. The van der Waals surface area contributed by atoms with Crippen LogP contribution in [0.5, 0.6) is 5.75 Å². The quantitative estimate of drug-likeness (QED) is 0.818. The molecule has 0 aliphatic carbocycles. The topological polar surface area (TPSA) is 47.6 Å². The molecule has 0 spiro atoms. The molecule has 1 N–H and O–H groups in total. The highest BCUT2D eigenvalue weighted by molar-refractivity contribution is 5.83. The molecule has 0 aliphatic rings. The van der Waals surface area contributed by atoms with E-state index in [1.54, 1.807) is 7.11 Å². The maximum atomic E-state index is 11.9. The van der Waals surface area contributed by atoms with Crippen LogP contribution in [0, 0.1) is 0 Å². The van der Waals surface area contributed by atoms with Gasteiger partial charge >= 0.3 is 5.97 Å². The first kappa shape index (κ1) is 16.6. The number of allylic oxidation sites excluding steroid dienone is 1. The maximum Gasteiger partial charge on any atom is 0.310 e. The van der Waals surface area contributed by atoms with Gasteiger partial charge in [0.25, 0.3) is 0 Å². The van der Waals surface area contributed by atoms with E-state index in [9.17, 15) is 4.79 Å². The van der Waals surface area contributed by atoms with Crippen LogP contribution >= 0.6 is 0 Å². The summed E-state index contributed by atoms with van der Waals surface area (Å²) in [7, 11) is 2.97. The van der Waals surface area contributed by atoms with Crippen LogP contribution in [-0.4, -0.2) is 20.2 Å². The van der Waals surface area contributed by atoms with Crippen molar-refractivity contribution >= 4 is 11.7 Å². The predicted molar refractivity (Wildman–Crippen MR) is 92.6 cm³/mol. The molecule has 2 aromatic rings. The molecule has 120 valence electrons. The van der Waals surface area contributed by atoms with Crippen LogP contribution in [0.3, 0.4) is 0 Å². The SMILES string of the molecule is C=C(C)Nc1ccc(-c2ccccc2)c(CC(=O)OC)c1OC. The zero-order valence-corrected chi connectivity index (χ0v) is 13.7. The summed E-state index contributed by atoms with van der Waals surface area (Å²) in [6.07, 6.45) is 0.135. The number of hydrogen-bond acceptors (Lipinski definition) is 4. The van der Waals surface area contributed by atoms with Gasteiger partial charge in [0.05, 0.1) is 26.3 Å². The Morgan fingerprint density at radius 1 is 1.13 bits per heavy atom. The van der Waals surface area contributed by atoms with E-state index in [1.807, 2.05) is 49.4 Å². The second kappa shape index (κ2) is 7.49. The molecule has 0 amide bonds. The summed E-state index contributed by atoms with van der Waals surface area (Å²) in [4.78, 5) is 11.9. The van der Waals surface area contributed by atoms with E-state index >= 15 is 0 Å². The lowest BCUT2D eigenvalue weighted by molar-refractivity contribution is -0.139. The fraction of sp³-hybridized carbons (Fsp3) is 0.211. The van der Waals surface area contributed by atoms with E-state index in [4.69, 9.17) is 9.47 Å². The predicted octanol–water partition coefficient (Wildman–Crippen LogP) is 4.02. The smallest absolute Gasteiger partial charge is 0.310 e. The van der Waals surface area contributed by atoms with Gasteiger partial charge in [-0.1, -0.05) is 43.0 Å². The average molecular weight is 311 g/mol. The number of anilines is 1. The second-order valence-electron chi connectivity index (χ2n) is 5.20. The molecule has 23 heavy (non-hydrogen) atoms. The first-order valence-electron chi connectivity index (χ1n) is 7.31. The molecule has 0 fully saturated rings. The molecule has 0 bridgehead atoms. The minimum atomic E-state index is -0.312. The Kier molecular flexibility index (Phi) is 5.41. The van der Waals surface area contributed by atoms with Gasteiger partial charge in [0.15, 0.2) is 0 Å². The molecule has 4 heteroatoms. The van der Waals surface area contributed by atoms with Gasteiger partial charge in [-0.25, -0.2) is 0 Å². The minimum absolute atomic E-state index is 0.135. The molecule has 0 aromatic heterocycles. The summed E-state index contributed by atoms with van der Waals surface area (Å²) in [6, 6.07) is 13.8. The Morgan fingerprint density at radius 2 is 1.83 bits per heavy atom. The van der Waals surface area contributed by atoms with Gasteiger partial charge in [0.2, 0.25) is 0 Å². The van der Waals surface area contributed by atoms with Crippen molar-refractivity contribution in [3.63, 3.8) is 0 Å². The molecule has 2 rings (SSSR count). The summed E-state index contributed by atoms with van der Waals surface area (Å²) in [5.74, 6) is 0.313. The van der Waals surface area contributed by atoms with Gasteiger partial charge in [-0.05, 0) is 24.1 Å². The van der Waals surface area contributed by atoms with E-state index in [2.05, 4.69) is 11.9 Å². The summed E-state index contributed by atoms with van der Waals surface area (Å²) >= 11 is 0. The standard InChI is InChI=1S/C19H21NO3/c1-13(2)20-17-11-10-15(14-8-6-5-7-9-14)16(19(17)23-4)12-18(21)22-3/h5-11,20H,1,12H2,2-4H3. The lowest BCUT2D eigenvalue weighted by Gasteiger charge is -2.18. The Bertz CT molecular complexity index is 708. The van der Waals surface area contributed by atoms with E-state index < -0.39 is 0 Å². The summed E-state index contributed by atoms with van der Waals surface area (Å²) < 4.78 is 10.4. The summed E-state index contributed by atoms with van der Waals surface area (Å²) in [5, 5.41) is 3.16. The van der Waals surface area contributed by atoms with Crippen molar-refractivity contribution in [2.24, 2.45) is 0 Å². The second-order valence-corrected chi connectivity index (χ2v) is 5.20. The molecular weight excluding hydrogens is 290 g/mol. The van der Waals surface area contributed by atoms with Crippen LogP contribution in [0.25, 0.3) is 11.1 Å². The fourth-order valence-corrected chi connectivity index (χ4v) is 2.47. The van der Waals surface area contributed by atoms with Gasteiger partial charge in [-0.15, -0.1) is 0 Å². The van der Waals surface area contributed by atoms with Crippen LogP contribution in [0.2, 0.25) is 0 Å². The molecule has 0 atom stereocenters. The highest BCUT2D eigenvalue weighted by Gasteiger charge is 2.18. The van der Waals surface area contributed by atoms with Crippen molar-refractivity contribution in [2.75, 3.05) is 19.5 Å². The molecule has 0 saturated heterocycles. The first-order valence-corrected chi connectivity index (χ1v) is 7.31. The third kappa shape index (κ3) is 3.92. The Balaban J connectivity index is 2.61. The normalized spacial score (nSPS) is 10.0. The number of rotatable bonds is 6. The van der Waals surface area contributed by atoms with Crippen LogP contribution in [-0.2, 0) is 16.0 Å². The van der Waals surface area contributed by atoms with Crippen LogP contribution in [0.1, 0.15) is 12.5 Å². The molecule has 0 aliphatic heterocycles. The zero-order chi connectivity index (χ0) is 16.8. The Morgan fingerprint density at radius 3 is 2.39 bits per heavy atom. The van der Waals surface area contributed by atoms with Gasteiger partial charge < -0.3 is 14.8 Å². The molecule has 0 radical (unpaired) electrons. The zero-order valence-electron chi connectivity index (χ0n) is 13.7. The van der Waals surface area contributed by atoms with Crippen LogP contribution in [0.15, 0.2) is 54.7 Å². The van der Waals surface area contributed by atoms with Crippen molar-refractivity contribution in [3.8, 4) is 16.9 Å². The lowest BCUT2D eigenvalue weighted by Crippen LogP contribution is -2.09. The number of methoxy groups -OCH3 is 2. The molecule has 0 unspecified atom stereocenters. The number of esters is 1. The van der Waals surface area contributed by atoms with Crippen LogP contribution < -0.4 is 10.1 Å². The Hall–Kier alpha value is -2.75. The van der Waals surface area contributed by atoms with Gasteiger partial charge in [0.1, 0.15) is 5.75 Å². The summed E-state index contributed by atoms with van der Waals surface area (Å²) in [6.45, 7) is 5.72. The highest BCUT2D eigenvalue weighted by Crippen LogP contribution is 2.37. The number of hydrogen-bond donors (Lipinski definition) is 1. The number of ether oxygens (including phenoxy) is 2. The van der Waals surface area contributed by atoms with Crippen molar-refractivity contribution in [2.45, 2.75) is 13.3 Å². The molecule has 4 nitrogen and oxygen atoms in total. The third-order valence-electron chi connectivity index (χ3n) is 3.45. The largest absolute Gasteiger partial charge is 0.494 e. The highest BCUT2D eigenvalue weighted by atomic mass is 16.5. The molecule has 0 saturated carbocycles. The van der Waals surface area contributed by atoms with Crippen molar-refractivity contribution < 1.29 is 14.3 Å². The molecule has 0 heterocycles. The van der Waals surface area contributed by atoms with Crippen molar-refractivity contribution in [3.05, 3.63) is 60.3 Å². The number of nitrogens with one attached hydrogen (secondary N) is 1. The Labute approximate surface area is 136 Å². The number of carbonyl (C=O) groups is 1. The summed E-state index contributed by atoms with van der Waals surface area (Å²) in [5.41, 5.74) is 4.32. The monoisotopic (exact) mass is 311 g/mol. The maximum absolute atomic E-state index is 11.9. The molecular formula is C19H21NO3. The van der Waals surface area contributed by atoms with Crippen molar-refractivity contribution in [1.29, 1.82) is 0 Å².